The number of hydroxylamine groups is 1. The quantitative estimate of drug-likeness (QED) is 0.304. The predicted octanol–water partition coefficient (Wildman–Crippen LogP) is 5.43. The molecule has 37 heavy (non-hydrogen) atoms. The van der Waals surface area contributed by atoms with Gasteiger partial charge in [-0.25, -0.2) is 5.48 Å². The summed E-state index contributed by atoms with van der Waals surface area (Å²) in [5, 5.41) is 9.34. The Morgan fingerprint density at radius 2 is 1.89 bits per heavy atom. The predicted molar refractivity (Wildman–Crippen MR) is 145 cm³/mol. The Balaban J connectivity index is 1.63. The van der Waals surface area contributed by atoms with Crippen molar-refractivity contribution < 1.29 is 14.0 Å². The lowest BCUT2D eigenvalue weighted by atomic mass is 9.98. The molecule has 2 N–H and O–H groups in total. The number of amides is 1. The minimum Gasteiger partial charge on any atom is -0.455 e. The van der Waals surface area contributed by atoms with Gasteiger partial charge in [-0.15, -0.1) is 0 Å². The summed E-state index contributed by atoms with van der Waals surface area (Å²) in [6, 6.07) is 16.6. The van der Waals surface area contributed by atoms with Crippen LogP contribution in [0, 0.1) is 13.8 Å². The Kier molecular flexibility index (Phi) is 6.27. The van der Waals surface area contributed by atoms with Crippen molar-refractivity contribution in [2.45, 2.75) is 26.8 Å². The molecule has 3 aromatic carbocycles. The normalized spacial score (nSPS) is 12.1. The average molecular weight is 497 g/mol. The summed E-state index contributed by atoms with van der Waals surface area (Å²) in [5.41, 5.74) is 7.88. The van der Waals surface area contributed by atoms with Crippen LogP contribution < -0.4 is 16.2 Å². The molecule has 0 aliphatic heterocycles. The summed E-state index contributed by atoms with van der Waals surface area (Å²) in [4.78, 5) is 30.8. The second-order valence-corrected chi connectivity index (χ2v) is 9.24. The van der Waals surface area contributed by atoms with Crippen molar-refractivity contribution in [1.29, 1.82) is 0 Å². The summed E-state index contributed by atoms with van der Waals surface area (Å²) in [7, 11) is 3.27. The van der Waals surface area contributed by atoms with Gasteiger partial charge in [-0.1, -0.05) is 18.2 Å². The van der Waals surface area contributed by atoms with Gasteiger partial charge in [0.25, 0.3) is 5.91 Å². The summed E-state index contributed by atoms with van der Waals surface area (Å²) >= 11 is 0. The number of anilines is 1. The maximum atomic E-state index is 13.5. The topological polar surface area (TPSA) is 98.4 Å². The molecule has 2 aromatic heterocycles. The van der Waals surface area contributed by atoms with Gasteiger partial charge in [-0.3, -0.25) is 19.1 Å². The molecule has 5 rings (SSSR count). The highest BCUT2D eigenvalue weighted by Gasteiger charge is 2.20. The van der Waals surface area contributed by atoms with E-state index in [0.29, 0.717) is 33.5 Å². The Bertz CT molecular complexity index is 1720. The van der Waals surface area contributed by atoms with E-state index < -0.39 is 0 Å². The van der Waals surface area contributed by atoms with Gasteiger partial charge in [0.1, 0.15) is 11.3 Å². The number of nitrogens with zero attached hydrogens (tertiary/aromatic N) is 2. The number of nitrogens with one attached hydrogen (secondary N) is 2. The fraction of sp³-hybridized carbons (Fsp3) is 0.207. The van der Waals surface area contributed by atoms with E-state index in [-0.39, 0.29) is 17.4 Å². The van der Waals surface area contributed by atoms with E-state index in [2.05, 4.69) is 15.9 Å². The van der Waals surface area contributed by atoms with Crippen LogP contribution in [0.1, 0.15) is 40.0 Å². The van der Waals surface area contributed by atoms with E-state index in [0.717, 1.165) is 27.6 Å². The first-order chi connectivity index (χ1) is 17.8. The molecule has 1 amide bonds. The van der Waals surface area contributed by atoms with Gasteiger partial charge in [-0.2, -0.15) is 5.10 Å². The van der Waals surface area contributed by atoms with Crippen molar-refractivity contribution in [3.8, 4) is 11.3 Å². The Morgan fingerprint density at radius 1 is 1.11 bits per heavy atom. The number of rotatable bonds is 6. The maximum absolute atomic E-state index is 13.5. The van der Waals surface area contributed by atoms with E-state index in [4.69, 9.17) is 9.25 Å². The molecule has 0 unspecified atom stereocenters. The molecule has 0 aliphatic carbocycles. The van der Waals surface area contributed by atoms with E-state index in [1.54, 1.807) is 23.7 Å². The van der Waals surface area contributed by atoms with E-state index in [1.807, 2.05) is 69.6 Å². The first kappa shape index (κ1) is 24.3. The zero-order chi connectivity index (χ0) is 26.3. The number of carbonyl (C=O) groups excluding carboxylic acids is 1. The number of aryl methyl sites for hydroxylation is 2. The second kappa shape index (κ2) is 9.55. The third-order valence-corrected chi connectivity index (χ3v) is 6.48. The number of aromatic nitrogens is 2. The first-order valence-corrected chi connectivity index (χ1v) is 12.0. The monoisotopic (exact) mass is 496 g/mol. The third-order valence-electron chi connectivity index (χ3n) is 6.48. The SMILES string of the molecule is CONC(=O)c1ccccc1N[C@H](C)c1cc(C)cc2c(=O)c(C)c(-c3ccc4nn(C)cc4c3)oc12. The molecular formula is C29H28N4O4. The Morgan fingerprint density at radius 3 is 2.68 bits per heavy atom. The summed E-state index contributed by atoms with van der Waals surface area (Å²) in [6.07, 6.45) is 1.94. The van der Waals surface area contributed by atoms with Crippen LogP contribution >= 0.6 is 0 Å². The zero-order valence-electron chi connectivity index (χ0n) is 21.4. The van der Waals surface area contributed by atoms with Gasteiger partial charge in [0, 0.05) is 41.0 Å². The summed E-state index contributed by atoms with van der Waals surface area (Å²) < 4.78 is 8.27. The number of carbonyl (C=O) groups is 1. The molecule has 188 valence electrons. The van der Waals surface area contributed by atoms with Crippen molar-refractivity contribution in [2.75, 3.05) is 12.4 Å². The van der Waals surface area contributed by atoms with Gasteiger partial charge in [-0.05, 0) is 62.7 Å². The average Bonchev–Trinajstić information content (AvgIpc) is 3.25. The molecule has 0 bridgehead atoms. The molecule has 5 aromatic rings. The molecular weight excluding hydrogens is 468 g/mol. The van der Waals surface area contributed by atoms with Crippen molar-refractivity contribution in [1.82, 2.24) is 15.3 Å². The third kappa shape index (κ3) is 4.47. The summed E-state index contributed by atoms with van der Waals surface area (Å²) in [6.45, 7) is 5.72. The first-order valence-electron chi connectivity index (χ1n) is 12.0. The molecule has 0 radical (unpaired) electrons. The highest BCUT2D eigenvalue weighted by molar-refractivity contribution is 5.99. The minimum absolute atomic E-state index is 0.0699. The van der Waals surface area contributed by atoms with Crippen LogP contribution in [0.15, 0.2) is 70.0 Å². The fourth-order valence-electron chi connectivity index (χ4n) is 4.72. The molecule has 0 spiro atoms. The van der Waals surface area contributed by atoms with Gasteiger partial charge < -0.3 is 9.73 Å². The number of fused-ring (bicyclic) bond motifs is 2. The van der Waals surface area contributed by atoms with Crippen LogP contribution in [-0.4, -0.2) is 22.8 Å². The standard InChI is InChI=1S/C29H28N4O4/c1-16-12-22(18(3)30-25-9-7-6-8-21(25)29(35)32-36-5)28-23(13-16)26(34)17(2)27(37-28)19-10-11-24-20(14-19)15-33(4)31-24/h6-15,18,30H,1-5H3,(H,32,35)/t18-/m1/s1. The van der Waals surface area contributed by atoms with E-state index in [9.17, 15) is 9.59 Å². The van der Waals surface area contributed by atoms with Crippen LogP contribution in [0.3, 0.4) is 0 Å². The molecule has 8 nitrogen and oxygen atoms in total. The van der Waals surface area contributed by atoms with Crippen molar-refractivity contribution in [3.05, 3.63) is 93.3 Å². The van der Waals surface area contributed by atoms with Gasteiger partial charge in [0.15, 0.2) is 5.43 Å². The number of benzene rings is 3. The molecule has 2 heterocycles. The van der Waals surface area contributed by atoms with Crippen LogP contribution in [-0.2, 0) is 11.9 Å². The van der Waals surface area contributed by atoms with Crippen LogP contribution in [0.2, 0.25) is 0 Å². The summed E-state index contributed by atoms with van der Waals surface area (Å²) in [5.74, 6) is 0.169. The fourth-order valence-corrected chi connectivity index (χ4v) is 4.72. The largest absolute Gasteiger partial charge is 0.455 e. The molecule has 0 aliphatic rings. The number of hydrogen-bond donors (Lipinski definition) is 2. The lowest BCUT2D eigenvalue weighted by Crippen LogP contribution is -2.23. The van der Waals surface area contributed by atoms with E-state index >= 15 is 0 Å². The van der Waals surface area contributed by atoms with Gasteiger partial charge in [0.2, 0.25) is 0 Å². The van der Waals surface area contributed by atoms with Crippen LogP contribution in [0.4, 0.5) is 5.69 Å². The Hall–Kier alpha value is -4.43. The minimum atomic E-state index is -0.359. The van der Waals surface area contributed by atoms with Gasteiger partial charge >= 0.3 is 0 Å². The van der Waals surface area contributed by atoms with Crippen molar-refractivity contribution in [3.63, 3.8) is 0 Å². The zero-order valence-corrected chi connectivity index (χ0v) is 21.4. The molecule has 8 heteroatoms. The Labute approximate surface area is 213 Å². The van der Waals surface area contributed by atoms with Crippen LogP contribution in [0.25, 0.3) is 33.2 Å². The molecule has 0 fully saturated rings. The molecule has 0 saturated carbocycles. The number of hydrogen-bond acceptors (Lipinski definition) is 6. The van der Waals surface area contributed by atoms with Crippen molar-refractivity contribution >= 4 is 33.5 Å². The van der Waals surface area contributed by atoms with Gasteiger partial charge in [0.05, 0.1) is 29.6 Å². The molecule has 0 saturated heterocycles. The second-order valence-electron chi connectivity index (χ2n) is 9.24. The lowest BCUT2D eigenvalue weighted by molar-refractivity contribution is 0.0538. The van der Waals surface area contributed by atoms with Crippen molar-refractivity contribution in [2.24, 2.45) is 7.05 Å². The number of para-hydroxylation sites is 1. The highest BCUT2D eigenvalue weighted by Crippen LogP contribution is 2.33. The van der Waals surface area contributed by atoms with Crippen LogP contribution in [0.5, 0.6) is 0 Å². The highest BCUT2D eigenvalue weighted by atomic mass is 16.6. The lowest BCUT2D eigenvalue weighted by Gasteiger charge is -2.20. The smallest absolute Gasteiger partial charge is 0.276 e. The van der Waals surface area contributed by atoms with E-state index in [1.165, 1.54) is 7.11 Å². The molecule has 1 atom stereocenters. The maximum Gasteiger partial charge on any atom is 0.276 e.